The molecular weight excluding hydrogens is 134 g/mol. The van der Waals surface area contributed by atoms with Crippen molar-refractivity contribution in [3.05, 3.63) is 12.2 Å². The maximum Gasteiger partial charge on any atom is 0.0446 e. The molecule has 0 heterocycles. The quantitative estimate of drug-likeness (QED) is 0.552. The second kappa shape index (κ2) is 5.11. The molecule has 0 aromatic rings. The van der Waals surface area contributed by atoms with Crippen molar-refractivity contribution in [3.63, 3.8) is 0 Å². The average Bonchev–Trinajstić information content (AvgIpc) is 1.82. The molecule has 0 saturated carbocycles. The second-order valence-electron chi connectivity index (χ2n) is 3.47. The summed E-state index contributed by atoms with van der Waals surface area (Å²) >= 11 is 0. The lowest BCUT2D eigenvalue weighted by atomic mass is 10.2. The lowest BCUT2D eigenvalue weighted by Gasteiger charge is -1.98. The largest absolute Gasteiger partial charge is 0.287 e. The first-order valence-electron chi connectivity index (χ1n) is 4.25. The minimum absolute atomic E-state index is 0.409. The van der Waals surface area contributed by atoms with Crippen LogP contribution >= 0.6 is 0 Å². The summed E-state index contributed by atoms with van der Waals surface area (Å²) in [6.45, 7) is 10.6. The third-order valence-corrected chi connectivity index (χ3v) is 1.18. The molecule has 1 heteroatoms. The monoisotopic (exact) mass is 153 g/mol. The van der Waals surface area contributed by atoms with Gasteiger partial charge in [-0.25, -0.2) is 0 Å². The van der Waals surface area contributed by atoms with Crippen LogP contribution in [0.5, 0.6) is 0 Å². The van der Waals surface area contributed by atoms with E-state index in [1.165, 1.54) is 0 Å². The van der Waals surface area contributed by atoms with Crippen molar-refractivity contribution >= 4 is 5.71 Å². The Balaban J connectivity index is 3.95. The lowest BCUT2D eigenvalue weighted by molar-refractivity contribution is 0.826. The van der Waals surface area contributed by atoms with Gasteiger partial charge in [-0.1, -0.05) is 19.9 Å². The summed E-state index contributed by atoms with van der Waals surface area (Å²) in [6, 6.07) is 0.409. The predicted octanol–water partition coefficient (Wildman–Crippen LogP) is 3.07. The van der Waals surface area contributed by atoms with Gasteiger partial charge >= 0.3 is 0 Å². The van der Waals surface area contributed by atoms with Crippen LogP contribution in [0.4, 0.5) is 0 Å². The highest BCUT2D eigenvalue weighted by molar-refractivity contribution is 5.92. The molecule has 0 atom stereocenters. The molecule has 0 aliphatic heterocycles. The first-order chi connectivity index (χ1) is 5.02. The average molecular weight is 153 g/mol. The van der Waals surface area contributed by atoms with E-state index in [4.69, 9.17) is 0 Å². The summed E-state index contributed by atoms with van der Waals surface area (Å²) in [5.41, 5.74) is 1.12. The fourth-order valence-corrected chi connectivity index (χ4v) is 0.782. The van der Waals surface area contributed by atoms with E-state index in [1.54, 1.807) is 0 Å². The van der Waals surface area contributed by atoms with E-state index in [2.05, 4.69) is 44.8 Å². The molecule has 0 radical (unpaired) electrons. The van der Waals surface area contributed by atoms with Crippen molar-refractivity contribution in [2.24, 2.45) is 10.9 Å². The first-order valence-corrected chi connectivity index (χ1v) is 4.25. The van der Waals surface area contributed by atoms with Crippen LogP contribution in [0.15, 0.2) is 17.1 Å². The van der Waals surface area contributed by atoms with Crippen molar-refractivity contribution in [3.8, 4) is 0 Å². The Hall–Kier alpha value is -0.590. The van der Waals surface area contributed by atoms with Gasteiger partial charge in [0.1, 0.15) is 0 Å². The fourth-order valence-electron chi connectivity index (χ4n) is 0.782. The lowest BCUT2D eigenvalue weighted by Crippen LogP contribution is -1.95. The molecule has 0 bridgehead atoms. The number of nitrogens with zero attached hydrogens (tertiary/aromatic N) is 1. The van der Waals surface area contributed by atoms with Crippen molar-refractivity contribution in [2.75, 3.05) is 0 Å². The summed E-state index contributed by atoms with van der Waals surface area (Å²) in [7, 11) is 0. The van der Waals surface area contributed by atoms with Crippen LogP contribution < -0.4 is 0 Å². The van der Waals surface area contributed by atoms with Crippen LogP contribution in [-0.2, 0) is 0 Å². The normalized spacial score (nSPS) is 13.9. The molecule has 0 aromatic carbocycles. The summed E-state index contributed by atoms with van der Waals surface area (Å²) in [6.07, 6.45) is 4.26. The SMILES string of the molecule is CC(/C=C\C(C)C)=N\C(C)C. The highest BCUT2D eigenvalue weighted by atomic mass is 14.8. The molecule has 1 nitrogen and oxygen atoms in total. The molecule has 0 rings (SSSR count). The molecular formula is C10H19N. The zero-order chi connectivity index (χ0) is 8.85. The molecule has 0 fully saturated rings. The number of hydrogen-bond donors (Lipinski definition) is 0. The van der Waals surface area contributed by atoms with Crippen molar-refractivity contribution in [1.29, 1.82) is 0 Å². The van der Waals surface area contributed by atoms with Crippen LogP contribution in [0, 0.1) is 5.92 Å². The Labute approximate surface area is 70.2 Å². The number of hydrogen-bond acceptors (Lipinski definition) is 1. The highest BCUT2D eigenvalue weighted by Gasteiger charge is 1.88. The highest BCUT2D eigenvalue weighted by Crippen LogP contribution is 1.95. The third-order valence-electron chi connectivity index (χ3n) is 1.18. The number of allylic oxidation sites excluding steroid dienone is 2. The first kappa shape index (κ1) is 10.4. The molecule has 0 aliphatic carbocycles. The Bertz CT molecular complexity index is 152. The molecule has 0 saturated heterocycles. The Kier molecular flexibility index (Phi) is 4.84. The van der Waals surface area contributed by atoms with Gasteiger partial charge in [0.05, 0.1) is 0 Å². The molecule has 0 N–H and O–H groups in total. The zero-order valence-electron chi connectivity index (χ0n) is 8.26. The van der Waals surface area contributed by atoms with Gasteiger partial charge in [0.15, 0.2) is 0 Å². The van der Waals surface area contributed by atoms with E-state index < -0.39 is 0 Å². The van der Waals surface area contributed by atoms with Crippen LogP contribution in [0.2, 0.25) is 0 Å². The predicted molar refractivity (Wildman–Crippen MR) is 52.2 cm³/mol. The molecule has 0 amide bonds. The molecule has 0 aliphatic rings. The van der Waals surface area contributed by atoms with Crippen LogP contribution in [0.3, 0.4) is 0 Å². The van der Waals surface area contributed by atoms with Gasteiger partial charge in [-0.3, -0.25) is 4.99 Å². The van der Waals surface area contributed by atoms with Gasteiger partial charge in [-0.05, 0) is 32.8 Å². The van der Waals surface area contributed by atoms with E-state index in [9.17, 15) is 0 Å². The maximum absolute atomic E-state index is 4.38. The van der Waals surface area contributed by atoms with Gasteiger partial charge in [0.25, 0.3) is 0 Å². The van der Waals surface area contributed by atoms with Gasteiger partial charge in [-0.2, -0.15) is 0 Å². The van der Waals surface area contributed by atoms with Crippen LogP contribution in [-0.4, -0.2) is 11.8 Å². The Morgan fingerprint density at radius 1 is 1.18 bits per heavy atom. The van der Waals surface area contributed by atoms with Gasteiger partial charge < -0.3 is 0 Å². The van der Waals surface area contributed by atoms with E-state index >= 15 is 0 Å². The van der Waals surface area contributed by atoms with Crippen LogP contribution in [0.1, 0.15) is 34.6 Å². The van der Waals surface area contributed by atoms with Crippen molar-refractivity contribution in [1.82, 2.24) is 0 Å². The number of rotatable bonds is 3. The van der Waals surface area contributed by atoms with E-state index in [0.717, 1.165) is 5.71 Å². The number of aliphatic imine (C=N–C) groups is 1. The summed E-state index contributed by atoms with van der Waals surface area (Å²) in [4.78, 5) is 4.38. The van der Waals surface area contributed by atoms with Gasteiger partial charge in [0, 0.05) is 11.8 Å². The fraction of sp³-hybridized carbons (Fsp3) is 0.700. The second-order valence-corrected chi connectivity index (χ2v) is 3.47. The molecule has 11 heavy (non-hydrogen) atoms. The minimum atomic E-state index is 0.409. The standard InChI is InChI=1S/C10H19N/c1-8(2)6-7-10(5)11-9(3)4/h6-9H,1-5H3/b7-6-,11-10+. The maximum atomic E-state index is 4.38. The smallest absolute Gasteiger partial charge is 0.0446 e. The van der Waals surface area contributed by atoms with E-state index in [1.807, 2.05) is 6.92 Å². The molecule has 0 spiro atoms. The topological polar surface area (TPSA) is 12.4 Å². The Morgan fingerprint density at radius 2 is 1.73 bits per heavy atom. The minimum Gasteiger partial charge on any atom is -0.287 e. The van der Waals surface area contributed by atoms with Crippen molar-refractivity contribution < 1.29 is 0 Å². The van der Waals surface area contributed by atoms with Gasteiger partial charge in [0.2, 0.25) is 0 Å². The van der Waals surface area contributed by atoms with Crippen LogP contribution in [0.25, 0.3) is 0 Å². The van der Waals surface area contributed by atoms with E-state index in [0.29, 0.717) is 12.0 Å². The summed E-state index contributed by atoms with van der Waals surface area (Å²) in [5, 5.41) is 0. The molecule has 0 aromatic heterocycles. The summed E-state index contributed by atoms with van der Waals surface area (Å²) in [5.74, 6) is 0.618. The van der Waals surface area contributed by atoms with E-state index in [-0.39, 0.29) is 0 Å². The van der Waals surface area contributed by atoms with Gasteiger partial charge in [-0.15, -0.1) is 0 Å². The Morgan fingerprint density at radius 3 is 2.09 bits per heavy atom. The molecule has 64 valence electrons. The van der Waals surface area contributed by atoms with Crippen molar-refractivity contribution in [2.45, 2.75) is 40.7 Å². The third kappa shape index (κ3) is 7.31. The molecule has 0 unspecified atom stereocenters. The zero-order valence-corrected chi connectivity index (χ0v) is 8.26. The summed E-state index contributed by atoms with van der Waals surface area (Å²) < 4.78 is 0.